The number of fused-ring (bicyclic) bond motifs is 1. The molecule has 2 aromatic heterocycles. The number of benzene rings is 1. The molecule has 0 aliphatic rings. The third kappa shape index (κ3) is 4.02. The second-order valence-electron chi connectivity index (χ2n) is 6.84. The quantitative estimate of drug-likeness (QED) is 0.698. The molecular weight excluding hydrogens is 346 g/mol. The maximum absolute atomic E-state index is 12.8. The van der Waals surface area contributed by atoms with Gasteiger partial charge in [-0.1, -0.05) is 0 Å². The smallest absolute Gasteiger partial charge is 0.337 e. The number of nitrogens with one attached hydrogen (secondary N) is 1. The lowest BCUT2D eigenvalue weighted by Crippen LogP contribution is -2.27. The third-order valence-corrected chi connectivity index (χ3v) is 4.20. The Morgan fingerprint density at radius 2 is 2.00 bits per heavy atom. The first-order valence-corrected chi connectivity index (χ1v) is 8.80. The molecule has 1 aromatic carbocycles. The Balaban J connectivity index is 1.94. The molecule has 1 N–H and O–H groups in total. The van der Waals surface area contributed by atoms with Crippen LogP contribution in [0.15, 0.2) is 39.7 Å². The number of hydrogen-bond donors (Lipinski definition) is 1. The van der Waals surface area contributed by atoms with Gasteiger partial charge in [-0.05, 0) is 39.8 Å². The van der Waals surface area contributed by atoms with Gasteiger partial charge in [0.15, 0.2) is 0 Å². The van der Waals surface area contributed by atoms with Gasteiger partial charge in [0.2, 0.25) is 0 Å². The lowest BCUT2D eigenvalue weighted by Gasteiger charge is -2.14. The number of hydrogen-bond acceptors (Lipinski definition) is 5. The van der Waals surface area contributed by atoms with Gasteiger partial charge in [0, 0.05) is 36.3 Å². The van der Waals surface area contributed by atoms with E-state index in [2.05, 4.69) is 10.4 Å². The van der Waals surface area contributed by atoms with E-state index in [4.69, 9.17) is 9.15 Å². The highest BCUT2D eigenvalue weighted by atomic mass is 16.5. The number of aryl methyl sites for hydroxylation is 2. The van der Waals surface area contributed by atoms with Crippen molar-refractivity contribution >= 4 is 16.9 Å². The highest BCUT2D eigenvalue weighted by Crippen LogP contribution is 2.24. The van der Waals surface area contributed by atoms with Crippen LogP contribution in [0.1, 0.15) is 48.4 Å². The lowest BCUT2D eigenvalue weighted by molar-refractivity contribution is 0.0941. The first-order valence-electron chi connectivity index (χ1n) is 8.80. The molecule has 142 valence electrons. The molecule has 3 rings (SSSR count). The van der Waals surface area contributed by atoms with Crippen molar-refractivity contribution in [1.82, 2.24) is 15.1 Å². The van der Waals surface area contributed by atoms with Crippen molar-refractivity contribution in [1.29, 1.82) is 0 Å². The average molecular weight is 369 g/mol. The Morgan fingerprint density at radius 1 is 1.26 bits per heavy atom. The van der Waals surface area contributed by atoms with Crippen molar-refractivity contribution in [3.8, 4) is 5.75 Å². The van der Waals surface area contributed by atoms with Gasteiger partial charge in [0.05, 0.1) is 23.4 Å². The molecule has 7 nitrogen and oxygen atoms in total. The Labute approximate surface area is 156 Å². The molecule has 0 saturated heterocycles. The summed E-state index contributed by atoms with van der Waals surface area (Å²) in [5, 5.41) is 7.78. The van der Waals surface area contributed by atoms with Gasteiger partial charge in [-0.15, -0.1) is 0 Å². The van der Waals surface area contributed by atoms with E-state index in [9.17, 15) is 9.59 Å². The number of carbonyl (C=O) groups is 1. The summed E-state index contributed by atoms with van der Waals surface area (Å²) in [6.45, 7) is 7.59. The summed E-state index contributed by atoms with van der Waals surface area (Å²) in [4.78, 5) is 24.8. The predicted octanol–water partition coefficient (Wildman–Crippen LogP) is 3.11. The number of rotatable bonds is 5. The van der Waals surface area contributed by atoms with Gasteiger partial charge in [-0.3, -0.25) is 9.48 Å². The summed E-state index contributed by atoms with van der Waals surface area (Å²) in [7, 11) is 1.83. The molecule has 3 aromatic rings. The molecule has 7 heteroatoms. The molecular formula is C20H23N3O4. The number of nitrogens with zero attached hydrogens (tertiary/aromatic N) is 2. The van der Waals surface area contributed by atoms with E-state index in [1.807, 2.05) is 40.9 Å². The van der Waals surface area contributed by atoms with Gasteiger partial charge >= 0.3 is 5.63 Å². The first kappa shape index (κ1) is 18.7. The zero-order chi connectivity index (χ0) is 19.7. The number of carbonyl (C=O) groups excluding carboxylic acids is 1. The van der Waals surface area contributed by atoms with Crippen LogP contribution in [0, 0.1) is 6.92 Å². The minimum atomic E-state index is -0.584. The summed E-state index contributed by atoms with van der Waals surface area (Å²) in [5.41, 5.74) is 1.77. The topological polar surface area (TPSA) is 86.4 Å². The fraction of sp³-hybridized carbons (Fsp3) is 0.350. The monoisotopic (exact) mass is 369 g/mol. The Kier molecular flexibility index (Phi) is 5.03. The van der Waals surface area contributed by atoms with Gasteiger partial charge < -0.3 is 14.5 Å². The molecule has 1 amide bonds. The van der Waals surface area contributed by atoms with Crippen molar-refractivity contribution in [3.05, 3.63) is 57.7 Å². The first-order chi connectivity index (χ1) is 12.7. The van der Waals surface area contributed by atoms with Gasteiger partial charge in [-0.2, -0.15) is 5.10 Å². The molecule has 0 bridgehead atoms. The Hall–Kier alpha value is -3.09. The summed E-state index contributed by atoms with van der Waals surface area (Å²) < 4.78 is 12.6. The summed E-state index contributed by atoms with van der Waals surface area (Å²) in [6, 6.07) is 6.07. The van der Waals surface area contributed by atoms with Crippen molar-refractivity contribution in [2.75, 3.05) is 0 Å². The SMILES string of the molecule is Cc1nn(C)cc1C(C)NC(=O)c1cc(=O)oc2cc(OC(C)C)ccc12. The fourth-order valence-corrected chi connectivity index (χ4v) is 3.07. The Morgan fingerprint density at radius 3 is 2.63 bits per heavy atom. The number of amides is 1. The lowest BCUT2D eigenvalue weighted by atomic mass is 10.1. The normalized spacial score (nSPS) is 12.4. The van der Waals surface area contributed by atoms with Crippen LogP contribution >= 0.6 is 0 Å². The molecule has 0 aliphatic heterocycles. The van der Waals surface area contributed by atoms with E-state index in [0.29, 0.717) is 16.7 Å². The van der Waals surface area contributed by atoms with Crippen LogP contribution < -0.4 is 15.7 Å². The fourth-order valence-electron chi connectivity index (χ4n) is 3.07. The largest absolute Gasteiger partial charge is 0.491 e. The van der Waals surface area contributed by atoms with Crippen LogP contribution in [0.4, 0.5) is 0 Å². The molecule has 1 unspecified atom stereocenters. The van der Waals surface area contributed by atoms with Crippen molar-refractivity contribution in [2.24, 2.45) is 7.05 Å². The van der Waals surface area contributed by atoms with Crippen LogP contribution in [-0.4, -0.2) is 21.8 Å². The van der Waals surface area contributed by atoms with Crippen LogP contribution in [0.5, 0.6) is 5.75 Å². The van der Waals surface area contributed by atoms with Gasteiger partial charge in [0.1, 0.15) is 11.3 Å². The van der Waals surface area contributed by atoms with Crippen LogP contribution in [0.3, 0.4) is 0 Å². The summed E-state index contributed by atoms with van der Waals surface area (Å²) in [6.07, 6.45) is 1.86. The van der Waals surface area contributed by atoms with E-state index in [1.54, 1.807) is 22.9 Å². The zero-order valence-corrected chi connectivity index (χ0v) is 16.1. The van der Waals surface area contributed by atoms with E-state index in [1.165, 1.54) is 6.07 Å². The Bertz CT molecular complexity index is 1050. The average Bonchev–Trinajstić information content (AvgIpc) is 2.91. The van der Waals surface area contributed by atoms with Crippen LogP contribution in [-0.2, 0) is 7.05 Å². The second-order valence-corrected chi connectivity index (χ2v) is 6.84. The standard InChI is InChI=1S/C20H23N3O4/c1-11(2)26-14-6-7-15-16(9-19(24)27-18(15)8-14)20(25)21-12(3)17-10-23(5)22-13(17)4/h6-12H,1-5H3,(H,21,25). The molecule has 2 heterocycles. The maximum Gasteiger partial charge on any atom is 0.337 e. The zero-order valence-electron chi connectivity index (χ0n) is 16.1. The minimum absolute atomic E-state index is 0.00998. The van der Waals surface area contributed by atoms with E-state index in [0.717, 1.165) is 11.3 Å². The molecule has 0 radical (unpaired) electrons. The van der Waals surface area contributed by atoms with E-state index >= 15 is 0 Å². The van der Waals surface area contributed by atoms with Gasteiger partial charge in [0.25, 0.3) is 5.91 Å². The predicted molar refractivity (Wildman–Crippen MR) is 102 cm³/mol. The van der Waals surface area contributed by atoms with Gasteiger partial charge in [-0.25, -0.2) is 4.79 Å². The number of aromatic nitrogens is 2. The highest BCUT2D eigenvalue weighted by Gasteiger charge is 2.19. The van der Waals surface area contributed by atoms with Crippen molar-refractivity contribution < 1.29 is 13.9 Å². The second kappa shape index (κ2) is 7.26. The summed E-state index contributed by atoms with van der Waals surface area (Å²) in [5.74, 6) is 0.235. The van der Waals surface area contributed by atoms with Crippen molar-refractivity contribution in [2.45, 2.75) is 39.8 Å². The molecule has 0 spiro atoms. The highest BCUT2D eigenvalue weighted by molar-refractivity contribution is 6.05. The van der Waals surface area contributed by atoms with E-state index < -0.39 is 5.63 Å². The molecule has 0 fully saturated rings. The van der Waals surface area contributed by atoms with Crippen LogP contribution in [0.25, 0.3) is 11.0 Å². The van der Waals surface area contributed by atoms with Crippen molar-refractivity contribution in [3.63, 3.8) is 0 Å². The number of ether oxygens (including phenoxy) is 1. The molecule has 1 atom stereocenters. The molecule has 0 saturated carbocycles. The molecule has 0 aliphatic carbocycles. The van der Waals surface area contributed by atoms with Crippen LogP contribution in [0.2, 0.25) is 0 Å². The van der Waals surface area contributed by atoms with E-state index in [-0.39, 0.29) is 23.6 Å². The minimum Gasteiger partial charge on any atom is -0.491 e. The summed E-state index contributed by atoms with van der Waals surface area (Å²) >= 11 is 0. The maximum atomic E-state index is 12.8. The molecule has 27 heavy (non-hydrogen) atoms. The third-order valence-electron chi connectivity index (χ3n) is 4.20.